The molecular formula is C46H41N3O7. The largest absolute Gasteiger partial charge is 0.491 e. The molecule has 6 atom stereocenters. The number of benzene rings is 5. The number of aliphatic hydroxyl groups is 1. The maximum absolute atomic E-state index is 14.9. The van der Waals surface area contributed by atoms with E-state index in [1.165, 1.54) is 5.56 Å². The van der Waals surface area contributed by atoms with Gasteiger partial charge in [-0.25, -0.2) is 0 Å². The first kappa shape index (κ1) is 36.7. The number of carboxylic acid groups (broad SMARTS) is 1. The van der Waals surface area contributed by atoms with Crippen molar-refractivity contribution < 1.29 is 34.1 Å². The predicted octanol–water partition coefficient (Wildman–Crippen LogP) is 5.90. The van der Waals surface area contributed by atoms with Crippen LogP contribution in [0.4, 0.5) is 5.69 Å². The van der Waals surface area contributed by atoms with Crippen molar-refractivity contribution >= 4 is 23.5 Å². The van der Waals surface area contributed by atoms with Crippen LogP contribution in [0.3, 0.4) is 0 Å². The number of hydrogen-bond acceptors (Lipinski definition) is 8. The van der Waals surface area contributed by atoms with Gasteiger partial charge in [-0.05, 0) is 65.2 Å². The molecule has 1 amide bonds. The average molecular weight is 748 g/mol. The molecule has 282 valence electrons. The summed E-state index contributed by atoms with van der Waals surface area (Å²) in [6.45, 7) is 1.11. The van der Waals surface area contributed by atoms with Crippen molar-refractivity contribution in [2.24, 2.45) is 5.92 Å². The number of rotatable bonds is 10. The summed E-state index contributed by atoms with van der Waals surface area (Å²) < 4.78 is 12.0. The van der Waals surface area contributed by atoms with Gasteiger partial charge in [0.15, 0.2) is 0 Å². The Balaban J connectivity index is 1.30. The van der Waals surface area contributed by atoms with E-state index in [0.717, 1.165) is 11.1 Å². The second kappa shape index (κ2) is 15.5. The van der Waals surface area contributed by atoms with Gasteiger partial charge in [0.1, 0.15) is 35.8 Å². The lowest BCUT2D eigenvalue weighted by atomic mass is 9.65. The Kier molecular flexibility index (Phi) is 10.1. The molecule has 5 aromatic rings. The van der Waals surface area contributed by atoms with Crippen molar-refractivity contribution in [3.63, 3.8) is 0 Å². The van der Waals surface area contributed by atoms with E-state index in [0.29, 0.717) is 41.2 Å². The molecule has 2 saturated heterocycles. The summed E-state index contributed by atoms with van der Waals surface area (Å²) in [5.74, 6) is 2.91. The summed E-state index contributed by atoms with van der Waals surface area (Å²) in [5.41, 5.74) is 3.04. The number of aliphatic carboxylic acids is 1. The first-order chi connectivity index (χ1) is 27.3. The van der Waals surface area contributed by atoms with E-state index < -0.39 is 53.4 Å². The number of anilines is 1. The maximum atomic E-state index is 14.9. The molecule has 0 saturated carbocycles. The van der Waals surface area contributed by atoms with Crippen LogP contribution in [0.15, 0.2) is 133 Å². The van der Waals surface area contributed by atoms with Gasteiger partial charge in [0.05, 0.1) is 25.2 Å². The van der Waals surface area contributed by atoms with Crippen LogP contribution in [0.25, 0.3) is 0 Å². The van der Waals surface area contributed by atoms with Crippen molar-refractivity contribution in [3.05, 3.63) is 167 Å². The number of aliphatic hydroxyl groups excluding tert-OH is 1. The Morgan fingerprint density at radius 1 is 0.857 bits per heavy atom. The molecule has 10 nitrogen and oxygen atoms in total. The Hall–Kier alpha value is -6.25. The normalized spacial score (nSPS) is 23.8. The summed E-state index contributed by atoms with van der Waals surface area (Å²) in [4.78, 5) is 47.3. The summed E-state index contributed by atoms with van der Waals surface area (Å²) in [5, 5.41) is 23.7. The number of ether oxygens (including phenoxy) is 2. The first-order valence-electron chi connectivity index (χ1n) is 18.6. The molecule has 0 aromatic heterocycles. The maximum Gasteiger partial charge on any atom is 0.325 e. The fourth-order valence-corrected chi connectivity index (χ4v) is 8.79. The molecule has 0 aliphatic carbocycles. The SMILES string of the molecule is CN(CC#Cc1ccc2c(c1)[C@]1(C(=O)N2)[C@H](C(=O)O)[C@H]2C(=O)O[C@H](c3ccccc3)[C@H](c3ccccc3)N2[C@@H]1c1ccc(OCCO)cc1)Cc1ccccc1. The highest BCUT2D eigenvalue weighted by Gasteiger charge is 2.74. The van der Waals surface area contributed by atoms with Gasteiger partial charge in [-0.1, -0.05) is 115 Å². The highest BCUT2D eigenvalue weighted by molar-refractivity contribution is 6.11. The van der Waals surface area contributed by atoms with Gasteiger partial charge in [-0.15, -0.1) is 0 Å². The third-order valence-corrected chi connectivity index (χ3v) is 11.0. The molecule has 8 rings (SSSR count). The molecule has 0 unspecified atom stereocenters. The Morgan fingerprint density at radius 3 is 2.18 bits per heavy atom. The van der Waals surface area contributed by atoms with Crippen LogP contribution in [-0.4, -0.2) is 70.7 Å². The molecule has 3 aliphatic heterocycles. The molecule has 10 heteroatoms. The van der Waals surface area contributed by atoms with E-state index in [2.05, 4.69) is 34.2 Å². The third kappa shape index (κ3) is 6.50. The van der Waals surface area contributed by atoms with E-state index in [9.17, 15) is 24.6 Å². The van der Waals surface area contributed by atoms with E-state index >= 15 is 0 Å². The number of esters is 1. The Bertz CT molecular complexity index is 2290. The fourth-order valence-electron chi connectivity index (χ4n) is 8.79. The molecule has 3 N–H and O–H groups in total. The van der Waals surface area contributed by atoms with E-state index in [4.69, 9.17) is 9.47 Å². The number of cyclic esters (lactones) is 1. The number of fused-ring (bicyclic) bond motifs is 3. The Labute approximate surface area is 325 Å². The Morgan fingerprint density at radius 2 is 1.52 bits per heavy atom. The van der Waals surface area contributed by atoms with Crippen LogP contribution in [0.5, 0.6) is 5.75 Å². The van der Waals surface area contributed by atoms with Crippen molar-refractivity contribution in [1.29, 1.82) is 0 Å². The minimum atomic E-state index is -1.79. The number of morpholine rings is 1. The molecule has 1 spiro atoms. The summed E-state index contributed by atoms with van der Waals surface area (Å²) in [7, 11) is 1.99. The summed E-state index contributed by atoms with van der Waals surface area (Å²) in [6, 6.07) is 38.5. The number of carbonyl (C=O) groups excluding carboxylic acids is 2. The quantitative estimate of drug-likeness (QED) is 0.118. The zero-order valence-electron chi connectivity index (χ0n) is 30.7. The monoisotopic (exact) mass is 747 g/mol. The zero-order valence-corrected chi connectivity index (χ0v) is 30.7. The van der Waals surface area contributed by atoms with Crippen molar-refractivity contribution in [2.45, 2.75) is 36.2 Å². The van der Waals surface area contributed by atoms with Crippen LogP contribution in [0.1, 0.15) is 51.6 Å². The van der Waals surface area contributed by atoms with Gasteiger partial charge >= 0.3 is 11.9 Å². The second-order valence-electron chi connectivity index (χ2n) is 14.4. The number of carbonyl (C=O) groups is 3. The van der Waals surface area contributed by atoms with E-state index in [-0.39, 0.29) is 13.2 Å². The zero-order chi connectivity index (χ0) is 38.8. The molecule has 2 fully saturated rings. The van der Waals surface area contributed by atoms with Gasteiger partial charge in [0, 0.05) is 17.8 Å². The summed E-state index contributed by atoms with van der Waals surface area (Å²) >= 11 is 0. The lowest BCUT2D eigenvalue weighted by molar-refractivity contribution is -0.179. The number of hydrogen-bond donors (Lipinski definition) is 3. The van der Waals surface area contributed by atoms with Crippen LogP contribution < -0.4 is 10.1 Å². The van der Waals surface area contributed by atoms with Crippen LogP contribution in [0, 0.1) is 17.8 Å². The molecule has 0 bridgehead atoms. The first-order valence-corrected chi connectivity index (χ1v) is 18.6. The molecule has 3 heterocycles. The van der Waals surface area contributed by atoms with Crippen molar-refractivity contribution in [1.82, 2.24) is 9.80 Å². The van der Waals surface area contributed by atoms with E-state index in [1.54, 1.807) is 36.4 Å². The van der Waals surface area contributed by atoms with E-state index in [1.807, 2.05) is 96.9 Å². The lowest BCUT2D eigenvalue weighted by Gasteiger charge is -2.46. The smallest absolute Gasteiger partial charge is 0.325 e. The number of nitrogens with zero attached hydrogens (tertiary/aromatic N) is 2. The third-order valence-electron chi connectivity index (χ3n) is 11.0. The highest BCUT2D eigenvalue weighted by atomic mass is 16.6. The number of carboxylic acids is 1. The standard InChI is InChI=1S/C46H41N3O7/c1-48(29-31-12-5-2-6-13-31)25-11-14-30-19-24-37-36(28-30)46(45(54)47-37)38(43(51)52)40-44(53)56-41(33-17-9-4-10-18-33)39(32-15-7-3-8-16-32)49(40)42(46)34-20-22-35(23-21-34)55-27-26-50/h2-10,12-13,15-24,28,38-42,50H,25-27,29H2,1H3,(H,47,54)(H,51,52)/t38-,39-,40-,41+,42+,46-/m0/s1. The minimum absolute atomic E-state index is 0.0876. The minimum Gasteiger partial charge on any atom is -0.491 e. The predicted molar refractivity (Wildman–Crippen MR) is 209 cm³/mol. The lowest BCUT2D eigenvalue weighted by Crippen LogP contribution is -2.52. The second-order valence-corrected chi connectivity index (χ2v) is 14.4. The van der Waals surface area contributed by atoms with Crippen molar-refractivity contribution in [3.8, 4) is 17.6 Å². The van der Waals surface area contributed by atoms with Crippen molar-refractivity contribution in [2.75, 3.05) is 32.1 Å². The van der Waals surface area contributed by atoms with Crippen LogP contribution in [-0.2, 0) is 31.1 Å². The van der Waals surface area contributed by atoms with Gasteiger partial charge in [0.25, 0.3) is 0 Å². The highest BCUT2D eigenvalue weighted by Crippen LogP contribution is 2.64. The fraction of sp³-hybridized carbons (Fsp3) is 0.239. The molecule has 0 radical (unpaired) electrons. The van der Waals surface area contributed by atoms with Gasteiger partial charge in [0.2, 0.25) is 5.91 Å². The van der Waals surface area contributed by atoms with Crippen LogP contribution in [0.2, 0.25) is 0 Å². The molecule has 3 aliphatic rings. The topological polar surface area (TPSA) is 129 Å². The van der Waals surface area contributed by atoms with Crippen LogP contribution >= 0.6 is 0 Å². The molecule has 56 heavy (non-hydrogen) atoms. The number of amides is 1. The summed E-state index contributed by atoms with van der Waals surface area (Å²) in [6.07, 6.45) is -0.824. The van der Waals surface area contributed by atoms with Gasteiger partial charge in [-0.2, -0.15) is 0 Å². The number of nitrogens with one attached hydrogen (secondary N) is 1. The average Bonchev–Trinajstić information content (AvgIpc) is 3.70. The molecule has 5 aromatic carbocycles. The van der Waals surface area contributed by atoms with Gasteiger partial charge < -0.3 is 25.0 Å². The molecular weight excluding hydrogens is 707 g/mol. The van der Waals surface area contributed by atoms with Gasteiger partial charge in [-0.3, -0.25) is 24.2 Å².